The van der Waals surface area contributed by atoms with Crippen molar-refractivity contribution >= 4 is 182 Å². The van der Waals surface area contributed by atoms with Crippen LogP contribution in [0.2, 0.25) is 0 Å². The van der Waals surface area contributed by atoms with Crippen molar-refractivity contribution < 1.29 is 4.42 Å². The SMILES string of the molecule is Bc1c(B)c(B)c2c(-c3ccc4oc5c6ccccc6ccc5c4c3)c3c(B)c(B)c(B)c(B)c3c(-c3cccc(-c4ccc5ccc6ccccc6c5c4)c3)c2c1B. The van der Waals surface area contributed by atoms with Gasteiger partial charge in [-0.25, -0.2) is 0 Å². The molecule has 1 aromatic heterocycles. The summed E-state index contributed by atoms with van der Waals surface area (Å²) in [6, 6.07) is 49.4. The molecule has 1 heterocycles. The van der Waals surface area contributed by atoms with Gasteiger partial charge in [0.25, 0.3) is 0 Å². The minimum Gasteiger partial charge on any atom is -0.455 e. The van der Waals surface area contributed by atoms with Crippen LogP contribution in [0.1, 0.15) is 0 Å². The van der Waals surface area contributed by atoms with Crippen LogP contribution in [0, 0.1) is 0 Å². The van der Waals surface area contributed by atoms with Gasteiger partial charge in [0.15, 0.2) is 0 Å². The Morgan fingerprint density at radius 2 is 0.729 bits per heavy atom. The van der Waals surface area contributed by atoms with Crippen LogP contribution in [0.15, 0.2) is 138 Å². The largest absolute Gasteiger partial charge is 0.455 e. The lowest BCUT2D eigenvalue weighted by Crippen LogP contribution is -2.50. The van der Waals surface area contributed by atoms with Crippen LogP contribution in [0.5, 0.6) is 0 Å². The van der Waals surface area contributed by atoms with E-state index in [0.717, 1.165) is 27.3 Å². The number of hydrogen-bond acceptors (Lipinski definition) is 1. The van der Waals surface area contributed by atoms with Gasteiger partial charge >= 0.3 is 0 Å². The van der Waals surface area contributed by atoms with E-state index in [9.17, 15) is 0 Å². The summed E-state index contributed by atoms with van der Waals surface area (Å²) in [4.78, 5) is 0. The van der Waals surface area contributed by atoms with Crippen LogP contribution in [0.4, 0.5) is 0 Å². The molecule has 0 radical (unpaired) electrons. The number of benzene rings is 10. The molecule has 11 rings (SSSR count). The van der Waals surface area contributed by atoms with Crippen LogP contribution in [-0.2, 0) is 0 Å². The molecule has 268 valence electrons. The summed E-state index contributed by atoms with van der Waals surface area (Å²) >= 11 is 0. The van der Waals surface area contributed by atoms with Gasteiger partial charge in [0, 0.05) is 16.2 Å². The van der Waals surface area contributed by atoms with E-state index in [2.05, 4.69) is 196 Å². The van der Waals surface area contributed by atoms with Gasteiger partial charge in [-0.3, -0.25) is 0 Å². The standard InChI is InChI=1S/C50H38B8O/c51-42-38-36(28-9-5-8-26(20-28)27-15-14-25-13-12-23-6-1-3-10-30(23)33(25)21-27)39-41(45(54)49(58)47(56)43(39)52)37(40(38)44(53)48(57)46(42)55)29-17-19-35-34(22-29)32-18-16-24-7-2-4-11-31(24)50(32)59-35/h1-22H,51-58H2. The van der Waals surface area contributed by atoms with Crippen LogP contribution in [0.25, 0.3) is 109 Å². The lowest BCUT2D eigenvalue weighted by atomic mass is 9.59. The van der Waals surface area contributed by atoms with Gasteiger partial charge < -0.3 is 4.42 Å². The summed E-state index contributed by atoms with van der Waals surface area (Å²) in [5.74, 6) is 0. The zero-order valence-electron chi connectivity index (χ0n) is 35.1. The van der Waals surface area contributed by atoms with E-state index in [0.29, 0.717) is 0 Å². The average Bonchev–Trinajstić information content (AvgIpc) is 3.66. The third-order valence-corrected chi connectivity index (χ3v) is 14.3. The molecule has 0 aliphatic carbocycles. The fraction of sp³-hybridized carbons (Fsp3) is 0. The van der Waals surface area contributed by atoms with E-state index in [-0.39, 0.29) is 0 Å². The second kappa shape index (κ2) is 13.2. The van der Waals surface area contributed by atoms with Gasteiger partial charge in [0.05, 0.1) is 0 Å². The number of rotatable bonds is 3. The maximum Gasteiger partial charge on any atom is 0.143 e. The third kappa shape index (κ3) is 5.16. The first kappa shape index (κ1) is 35.9. The Morgan fingerprint density at radius 3 is 1.36 bits per heavy atom. The molecule has 59 heavy (non-hydrogen) atoms. The topological polar surface area (TPSA) is 13.1 Å². The smallest absolute Gasteiger partial charge is 0.143 e. The summed E-state index contributed by atoms with van der Waals surface area (Å²) in [6.45, 7) is 0. The number of fused-ring (bicyclic) bond motifs is 10. The molecule has 0 fully saturated rings. The van der Waals surface area contributed by atoms with Gasteiger partial charge in [0.1, 0.15) is 73.9 Å². The van der Waals surface area contributed by atoms with Crippen molar-refractivity contribution in [2.75, 3.05) is 0 Å². The van der Waals surface area contributed by atoms with Crippen LogP contribution in [-0.4, -0.2) is 62.8 Å². The minimum absolute atomic E-state index is 0.920. The molecule has 0 aliphatic heterocycles. The summed E-state index contributed by atoms with van der Waals surface area (Å²) in [6.07, 6.45) is 0. The molecule has 0 aliphatic rings. The van der Waals surface area contributed by atoms with Crippen molar-refractivity contribution in [1.29, 1.82) is 0 Å². The van der Waals surface area contributed by atoms with E-state index in [4.69, 9.17) is 4.42 Å². The fourth-order valence-electron chi connectivity index (χ4n) is 10.4. The molecule has 0 saturated heterocycles. The Balaban J connectivity index is 1.25. The number of furan rings is 1. The van der Waals surface area contributed by atoms with Gasteiger partial charge in [0.2, 0.25) is 0 Å². The second-order valence-corrected chi connectivity index (χ2v) is 17.0. The molecule has 9 heteroatoms. The maximum absolute atomic E-state index is 6.66. The average molecular weight is 741 g/mol. The Bertz CT molecular complexity index is 3580. The van der Waals surface area contributed by atoms with Crippen molar-refractivity contribution in [1.82, 2.24) is 0 Å². The summed E-state index contributed by atoms with van der Waals surface area (Å²) in [7, 11) is 18.6. The van der Waals surface area contributed by atoms with E-state index < -0.39 is 0 Å². The molecule has 10 aromatic carbocycles. The first-order valence-electron chi connectivity index (χ1n) is 20.9. The molecule has 0 unspecified atom stereocenters. The first-order valence-corrected chi connectivity index (χ1v) is 20.9. The molecule has 1 nitrogen and oxygen atoms in total. The van der Waals surface area contributed by atoms with Crippen LogP contribution < -0.4 is 43.7 Å². The molecule has 0 saturated carbocycles. The van der Waals surface area contributed by atoms with Crippen molar-refractivity contribution in [3.05, 3.63) is 133 Å². The highest BCUT2D eigenvalue weighted by molar-refractivity contribution is 6.71. The van der Waals surface area contributed by atoms with Crippen molar-refractivity contribution in [3.63, 3.8) is 0 Å². The van der Waals surface area contributed by atoms with Crippen molar-refractivity contribution in [2.24, 2.45) is 0 Å². The lowest BCUT2D eigenvalue weighted by Gasteiger charge is -2.28. The molecule has 0 atom stereocenters. The Morgan fingerprint density at radius 1 is 0.288 bits per heavy atom. The Labute approximate surface area is 351 Å². The maximum atomic E-state index is 6.66. The predicted octanol–water partition coefficient (Wildman–Crippen LogP) is 0.420. The molecular weight excluding hydrogens is 703 g/mol. The summed E-state index contributed by atoms with van der Waals surface area (Å²) in [5.41, 5.74) is 20.3. The normalized spacial score (nSPS) is 11.9. The quantitative estimate of drug-likeness (QED) is 0.146. The van der Waals surface area contributed by atoms with E-state index in [1.165, 1.54) is 126 Å². The second-order valence-electron chi connectivity index (χ2n) is 17.0. The molecule has 0 bridgehead atoms. The minimum atomic E-state index is 0.920. The molecule has 0 amide bonds. The predicted molar refractivity (Wildman–Crippen MR) is 283 cm³/mol. The van der Waals surface area contributed by atoms with Gasteiger partial charge in [-0.2, -0.15) is 0 Å². The monoisotopic (exact) mass is 742 g/mol. The van der Waals surface area contributed by atoms with E-state index >= 15 is 0 Å². The number of hydrogen-bond donors (Lipinski definition) is 0. The van der Waals surface area contributed by atoms with E-state index in [1.54, 1.807) is 0 Å². The highest BCUT2D eigenvalue weighted by Gasteiger charge is 2.26. The van der Waals surface area contributed by atoms with Crippen molar-refractivity contribution in [3.8, 4) is 33.4 Å². The molecule has 0 spiro atoms. The lowest BCUT2D eigenvalue weighted by molar-refractivity contribution is 0.672. The Kier molecular flexibility index (Phi) is 8.02. The summed E-state index contributed by atoms with van der Waals surface area (Å²) in [5, 5.41) is 15.2. The molecule has 0 N–H and O–H groups in total. The van der Waals surface area contributed by atoms with Crippen LogP contribution >= 0.6 is 0 Å². The highest BCUT2D eigenvalue weighted by atomic mass is 16.3. The summed E-state index contributed by atoms with van der Waals surface area (Å²) < 4.78 is 6.66. The van der Waals surface area contributed by atoms with E-state index in [1.807, 2.05) is 0 Å². The zero-order chi connectivity index (χ0) is 40.4. The highest BCUT2D eigenvalue weighted by Crippen LogP contribution is 2.44. The Hall–Kier alpha value is -6.18. The van der Waals surface area contributed by atoms with Gasteiger partial charge in [-0.1, -0.05) is 125 Å². The molecule has 11 aromatic rings. The van der Waals surface area contributed by atoms with Crippen molar-refractivity contribution in [2.45, 2.75) is 0 Å². The third-order valence-electron chi connectivity index (χ3n) is 14.3. The van der Waals surface area contributed by atoms with Crippen LogP contribution in [0.3, 0.4) is 0 Å². The zero-order valence-corrected chi connectivity index (χ0v) is 35.1. The molecular formula is C50H38B8O. The van der Waals surface area contributed by atoms with Gasteiger partial charge in [-0.05, 0) is 112 Å². The first-order chi connectivity index (χ1) is 28.6. The fourth-order valence-corrected chi connectivity index (χ4v) is 10.4. The van der Waals surface area contributed by atoms with Gasteiger partial charge in [-0.15, -0.1) is 21.9 Å².